The normalized spacial score (nSPS) is 14.1. The van der Waals surface area contributed by atoms with E-state index in [0.717, 1.165) is 0 Å². The predicted molar refractivity (Wildman–Crippen MR) is 113 cm³/mol. The zero-order valence-electron chi connectivity index (χ0n) is 16.5. The van der Waals surface area contributed by atoms with Gasteiger partial charge in [0.2, 0.25) is 5.91 Å². The lowest BCUT2D eigenvalue weighted by atomic mass is 10.0. The highest BCUT2D eigenvalue weighted by Crippen LogP contribution is 2.16. The van der Waals surface area contributed by atoms with Gasteiger partial charge < -0.3 is 20.3 Å². The average Bonchev–Trinajstić information content (AvgIpc) is 2.78. The summed E-state index contributed by atoms with van der Waals surface area (Å²) in [6, 6.07) is 15.6. The number of carbonyl (C=O) groups excluding carboxylic acids is 3. The Balaban J connectivity index is 1.34. The Kier molecular flexibility index (Phi) is 7.68. The second-order valence-corrected chi connectivity index (χ2v) is 7.45. The molecule has 0 aromatic heterocycles. The molecule has 0 aliphatic carbocycles. The van der Waals surface area contributed by atoms with E-state index in [1.807, 2.05) is 6.07 Å². The standard InChI is InChI=1S/C22H24ClN3O4/c23-17-6-8-19(9-7-17)30-15-21(28)26-12-10-18(11-13-26)25-20(27)14-24-22(29)16-4-2-1-3-5-16/h1-9,18H,10-15H2,(H,24,29)(H,25,27). The van der Waals surface area contributed by atoms with Crippen LogP contribution in [0.25, 0.3) is 0 Å². The Morgan fingerprint density at radius 1 is 1.00 bits per heavy atom. The van der Waals surface area contributed by atoms with Gasteiger partial charge in [-0.15, -0.1) is 0 Å². The summed E-state index contributed by atoms with van der Waals surface area (Å²) < 4.78 is 5.50. The van der Waals surface area contributed by atoms with E-state index < -0.39 is 0 Å². The summed E-state index contributed by atoms with van der Waals surface area (Å²) in [6.07, 6.45) is 1.32. The number of nitrogens with zero attached hydrogens (tertiary/aromatic N) is 1. The minimum absolute atomic E-state index is 0.0210. The fourth-order valence-corrected chi connectivity index (χ4v) is 3.30. The largest absolute Gasteiger partial charge is 0.484 e. The topological polar surface area (TPSA) is 87.7 Å². The van der Waals surface area contributed by atoms with Crippen LogP contribution < -0.4 is 15.4 Å². The molecule has 3 amide bonds. The Morgan fingerprint density at radius 2 is 1.67 bits per heavy atom. The number of piperidine rings is 1. The smallest absolute Gasteiger partial charge is 0.260 e. The fourth-order valence-electron chi connectivity index (χ4n) is 3.17. The van der Waals surface area contributed by atoms with Gasteiger partial charge in [-0.25, -0.2) is 0 Å². The van der Waals surface area contributed by atoms with E-state index in [-0.39, 0.29) is 36.9 Å². The van der Waals surface area contributed by atoms with E-state index in [4.69, 9.17) is 16.3 Å². The molecule has 1 heterocycles. The van der Waals surface area contributed by atoms with Crippen LogP contribution in [0.15, 0.2) is 54.6 Å². The van der Waals surface area contributed by atoms with Crippen molar-refractivity contribution in [3.05, 3.63) is 65.2 Å². The van der Waals surface area contributed by atoms with Gasteiger partial charge in [0.15, 0.2) is 6.61 Å². The van der Waals surface area contributed by atoms with Crippen LogP contribution in [0.5, 0.6) is 5.75 Å². The first-order valence-corrected chi connectivity index (χ1v) is 10.2. The van der Waals surface area contributed by atoms with Crippen molar-refractivity contribution in [2.45, 2.75) is 18.9 Å². The monoisotopic (exact) mass is 429 g/mol. The third-order valence-electron chi connectivity index (χ3n) is 4.83. The number of nitrogens with one attached hydrogen (secondary N) is 2. The Morgan fingerprint density at radius 3 is 2.33 bits per heavy atom. The molecule has 30 heavy (non-hydrogen) atoms. The summed E-state index contributed by atoms with van der Waals surface area (Å²) in [5.41, 5.74) is 0.512. The zero-order valence-corrected chi connectivity index (χ0v) is 17.2. The number of ether oxygens (including phenoxy) is 1. The minimum atomic E-state index is -0.285. The highest BCUT2D eigenvalue weighted by molar-refractivity contribution is 6.30. The molecule has 1 fully saturated rings. The highest BCUT2D eigenvalue weighted by atomic mass is 35.5. The predicted octanol–water partition coefficient (Wildman–Crippen LogP) is 2.26. The molecule has 0 radical (unpaired) electrons. The number of rotatable bonds is 7. The molecule has 0 atom stereocenters. The van der Waals surface area contributed by atoms with E-state index in [2.05, 4.69) is 10.6 Å². The first kappa shape index (κ1) is 21.6. The molecule has 2 aromatic carbocycles. The molecule has 0 unspecified atom stereocenters. The van der Waals surface area contributed by atoms with Crippen molar-refractivity contribution in [3.63, 3.8) is 0 Å². The number of hydrogen-bond donors (Lipinski definition) is 2. The fraction of sp³-hybridized carbons (Fsp3) is 0.318. The van der Waals surface area contributed by atoms with Gasteiger partial charge >= 0.3 is 0 Å². The van der Waals surface area contributed by atoms with Gasteiger partial charge in [-0.1, -0.05) is 29.8 Å². The summed E-state index contributed by atoms with van der Waals surface area (Å²) in [5.74, 6) is -0.0284. The molecule has 1 aliphatic heterocycles. The summed E-state index contributed by atoms with van der Waals surface area (Å²) in [6.45, 7) is 0.972. The van der Waals surface area contributed by atoms with Crippen LogP contribution in [0.2, 0.25) is 5.02 Å². The van der Waals surface area contributed by atoms with Gasteiger partial charge in [-0.3, -0.25) is 14.4 Å². The van der Waals surface area contributed by atoms with Crippen molar-refractivity contribution in [2.24, 2.45) is 0 Å². The van der Waals surface area contributed by atoms with Crippen LogP contribution >= 0.6 is 11.6 Å². The van der Waals surface area contributed by atoms with Crippen LogP contribution in [-0.4, -0.2) is 54.9 Å². The molecule has 3 rings (SSSR count). The van der Waals surface area contributed by atoms with Crippen LogP contribution in [0.1, 0.15) is 23.2 Å². The van der Waals surface area contributed by atoms with Gasteiger partial charge in [0.25, 0.3) is 11.8 Å². The van der Waals surface area contributed by atoms with Crippen molar-refractivity contribution < 1.29 is 19.1 Å². The van der Waals surface area contributed by atoms with Gasteiger partial charge in [-0.05, 0) is 49.2 Å². The van der Waals surface area contributed by atoms with Crippen LogP contribution in [0.3, 0.4) is 0 Å². The van der Waals surface area contributed by atoms with E-state index in [1.165, 1.54) is 0 Å². The van der Waals surface area contributed by atoms with Gasteiger partial charge in [0.05, 0.1) is 6.54 Å². The van der Waals surface area contributed by atoms with Crippen molar-refractivity contribution in [1.29, 1.82) is 0 Å². The molecular weight excluding hydrogens is 406 g/mol. The molecule has 0 spiro atoms. The maximum absolute atomic E-state index is 12.3. The Hall–Kier alpha value is -3.06. The van der Waals surface area contributed by atoms with Crippen LogP contribution in [0.4, 0.5) is 0 Å². The van der Waals surface area contributed by atoms with Gasteiger partial charge in [0, 0.05) is 29.7 Å². The molecule has 0 bridgehead atoms. The Labute approximate surface area is 180 Å². The molecule has 0 saturated carbocycles. The van der Waals surface area contributed by atoms with Crippen molar-refractivity contribution in [3.8, 4) is 5.75 Å². The average molecular weight is 430 g/mol. The first-order valence-electron chi connectivity index (χ1n) is 9.80. The van der Waals surface area contributed by atoms with E-state index >= 15 is 0 Å². The Bertz CT molecular complexity index is 866. The molecular formula is C22H24ClN3O4. The molecule has 2 aromatic rings. The minimum Gasteiger partial charge on any atom is -0.484 e. The lowest BCUT2D eigenvalue weighted by Gasteiger charge is -2.32. The van der Waals surface area contributed by atoms with Crippen molar-refractivity contribution in [2.75, 3.05) is 26.2 Å². The van der Waals surface area contributed by atoms with Crippen LogP contribution in [0, 0.1) is 0 Å². The number of amides is 3. The molecule has 2 N–H and O–H groups in total. The number of carbonyl (C=O) groups is 3. The van der Waals surface area contributed by atoms with E-state index in [0.29, 0.717) is 42.3 Å². The third kappa shape index (κ3) is 6.49. The van der Waals surface area contributed by atoms with E-state index in [9.17, 15) is 14.4 Å². The maximum Gasteiger partial charge on any atom is 0.260 e. The van der Waals surface area contributed by atoms with Crippen molar-refractivity contribution in [1.82, 2.24) is 15.5 Å². The SMILES string of the molecule is O=C(CNC(=O)c1ccccc1)NC1CCN(C(=O)COc2ccc(Cl)cc2)CC1. The number of likely N-dealkylation sites (tertiary alicyclic amines) is 1. The maximum atomic E-state index is 12.3. The lowest BCUT2D eigenvalue weighted by molar-refractivity contribution is -0.134. The van der Waals surface area contributed by atoms with Crippen LogP contribution in [-0.2, 0) is 9.59 Å². The first-order chi connectivity index (χ1) is 14.5. The van der Waals surface area contributed by atoms with Gasteiger partial charge in [-0.2, -0.15) is 0 Å². The summed E-state index contributed by atoms with van der Waals surface area (Å²) in [5, 5.41) is 6.13. The third-order valence-corrected chi connectivity index (χ3v) is 5.09. The number of benzene rings is 2. The molecule has 158 valence electrons. The zero-order chi connectivity index (χ0) is 21.3. The molecule has 1 aliphatic rings. The quantitative estimate of drug-likeness (QED) is 0.706. The molecule has 7 nitrogen and oxygen atoms in total. The summed E-state index contributed by atoms with van der Waals surface area (Å²) in [7, 11) is 0. The second kappa shape index (κ2) is 10.6. The van der Waals surface area contributed by atoms with Gasteiger partial charge in [0.1, 0.15) is 5.75 Å². The molecule has 8 heteroatoms. The highest BCUT2D eigenvalue weighted by Gasteiger charge is 2.24. The second-order valence-electron chi connectivity index (χ2n) is 7.01. The number of hydrogen-bond acceptors (Lipinski definition) is 4. The lowest BCUT2D eigenvalue weighted by Crippen LogP contribution is -2.49. The number of halogens is 1. The van der Waals surface area contributed by atoms with Crippen molar-refractivity contribution >= 4 is 29.3 Å². The summed E-state index contributed by atoms with van der Waals surface area (Å²) >= 11 is 5.83. The molecule has 1 saturated heterocycles. The van der Waals surface area contributed by atoms with E-state index in [1.54, 1.807) is 53.4 Å². The summed E-state index contributed by atoms with van der Waals surface area (Å²) in [4.78, 5) is 38.1.